The molecule has 0 bridgehead atoms. The quantitative estimate of drug-likeness (QED) is 0.577. The number of hydrogen-bond donors (Lipinski definition) is 0. The van der Waals surface area contributed by atoms with E-state index in [1.165, 1.54) is 0 Å². The molecule has 1 heterocycles. The normalized spacial score (nSPS) is 22.1. The van der Waals surface area contributed by atoms with Crippen LogP contribution in [-0.2, 0) is 0 Å². The van der Waals surface area contributed by atoms with E-state index in [-0.39, 0.29) is 5.57 Å². The summed E-state index contributed by atoms with van der Waals surface area (Å²) in [5, 5.41) is 6.79. The Morgan fingerprint density at radius 2 is 1.93 bits per heavy atom. The van der Waals surface area contributed by atoms with Gasteiger partial charge in [-0.3, -0.25) is 0 Å². The average Bonchev–Trinajstić information content (AvgIpc) is 2.36. The van der Waals surface area contributed by atoms with Gasteiger partial charge in [0.1, 0.15) is 0 Å². The molecule has 0 atom stereocenters. The second-order valence-corrected chi connectivity index (χ2v) is 3.36. The molecule has 0 saturated heterocycles. The van der Waals surface area contributed by atoms with Crippen LogP contribution in [0.4, 0.5) is 13.2 Å². The lowest BCUT2D eigenvalue weighted by molar-refractivity contribution is -0.0579. The highest BCUT2D eigenvalue weighted by atomic mass is 19.4. The molecule has 0 aromatic heterocycles. The zero-order valence-electron chi connectivity index (χ0n) is 7.43. The molecule has 2 aliphatic rings. The summed E-state index contributed by atoms with van der Waals surface area (Å²) in [7, 11) is 0. The SMILES string of the molecule is FC(F)(F)C1=NN=C2CCCCC=C21. The molecule has 0 fully saturated rings. The van der Waals surface area contributed by atoms with Crippen molar-refractivity contribution >= 4 is 11.4 Å². The fourth-order valence-electron chi connectivity index (χ4n) is 1.65. The zero-order valence-corrected chi connectivity index (χ0v) is 7.43. The number of hydrogen-bond acceptors (Lipinski definition) is 2. The van der Waals surface area contributed by atoms with Crippen molar-refractivity contribution < 1.29 is 13.2 Å². The molecule has 1 aliphatic heterocycles. The first-order valence-electron chi connectivity index (χ1n) is 4.51. The van der Waals surface area contributed by atoms with Gasteiger partial charge in [-0.2, -0.15) is 18.3 Å². The maximum absolute atomic E-state index is 12.4. The van der Waals surface area contributed by atoms with E-state index in [0.29, 0.717) is 18.6 Å². The predicted octanol–water partition coefficient (Wildman–Crippen LogP) is 2.86. The van der Waals surface area contributed by atoms with Gasteiger partial charge in [0.15, 0.2) is 5.71 Å². The summed E-state index contributed by atoms with van der Waals surface area (Å²) in [5.74, 6) is 0. The molecule has 0 aromatic carbocycles. The number of nitrogens with zero attached hydrogens (tertiary/aromatic N) is 2. The Kier molecular flexibility index (Phi) is 2.17. The number of allylic oxidation sites excluding steroid dienone is 2. The fraction of sp³-hybridized carbons (Fsp3) is 0.556. The molecule has 0 amide bonds. The second-order valence-electron chi connectivity index (χ2n) is 3.36. The van der Waals surface area contributed by atoms with Crippen LogP contribution in [0, 0.1) is 0 Å². The van der Waals surface area contributed by atoms with Crippen LogP contribution in [0.2, 0.25) is 0 Å². The molecule has 0 radical (unpaired) electrons. The van der Waals surface area contributed by atoms with Crippen molar-refractivity contribution in [2.45, 2.75) is 31.9 Å². The summed E-state index contributed by atoms with van der Waals surface area (Å²) in [4.78, 5) is 0. The molecular weight excluding hydrogens is 193 g/mol. The summed E-state index contributed by atoms with van der Waals surface area (Å²) in [5.41, 5.74) is -0.126. The summed E-state index contributed by atoms with van der Waals surface area (Å²) in [6.07, 6.45) is 0.331. The second kappa shape index (κ2) is 3.22. The van der Waals surface area contributed by atoms with E-state index in [4.69, 9.17) is 0 Å². The van der Waals surface area contributed by atoms with E-state index >= 15 is 0 Å². The van der Waals surface area contributed by atoms with Gasteiger partial charge < -0.3 is 0 Å². The molecule has 2 rings (SSSR count). The van der Waals surface area contributed by atoms with Gasteiger partial charge in [0.2, 0.25) is 0 Å². The predicted molar refractivity (Wildman–Crippen MR) is 47.5 cm³/mol. The van der Waals surface area contributed by atoms with Crippen LogP contribution < -0.4 is 0 Å². The Morgan fingerprint density at radius 1 is 1.14 bits per heavy atom. The molecule has 0 unspecified atom stereocenters. The smallest absolute Gasteiger partial charge is 0.164 e. The van der Waals surface area contributed by atoms with Crippen molar-refractivity contribution in [3.05, 3.63) is 11.6 Å². The Labute approximate surface area is 79.2 Å². The molecule has 0 N–H and O–H groups in total. The van der Waals surface area contributed by atoms with Gasteiger partial charge in [0.05, 0.1) is 5.71 Å². The van der Waals surface area contributed by atoms with Gasteiger partial charge in [-0.25, -0.2) is 0 Å². The topological polar surface area (TPSA) is 24.7 Å². The summed E-state index contributed by atoms with van der Waals surface area (Å²) >= 11 is 0. The largest absolute Gasteiger partial charge is 0.435 e. The van der Waals surface area contributed by atoms with E-state index in [0.717, 1.165) is 12.8 Å². The molecular formula is C9H9F3N2. The molecule has 0 aromatic rings. The van der Waals surface area contributed by atoms with E-state index in [1.54, 1.807) is 6.08 Å². The van der Waals surface area contributed by atoms with Crippen LogP contribution in [0.15, 0.2) is 21.9 Å². The number of halogens is 3. The lowest BCUT2D eigenvalue weighted by Crippen LogP contribution is -2.25. The van der Waals surface area contributed by atoms with Crippen molar-refractivity contribution in [1.82, 2.24) is 0 Å². The zero-order chi connectivity index (χ0) is 10.2. The third-order valence-corrected chi connectivity index (χ3v) is 2.32. The summed E-state index contributed by atoms with van der Waals surface area (Å²) in [6, 6.07) is 0. The number of fused-ring (bicyclic) bond motifs is 1. The monoisotopic (exact) mass is 202 g/mol. The molecule has 0 spiro atoms. The van der Waals surface area contributed by atoms with Gasteiger partial charge in [0.25, 0.3) is 0 Å². The first-order chi connectivity index (χ1) is 6.59. The Hall–Kier alpha value is -1.13. The van der Waals surface area contributed by atoms with Crippen molar-refractivity contribution in [3.8, 4) is 0 Å². The van der Waals surface area contributed by atoms with E-state index in [2.05, 4.69) is 10.2 Å². The van der Waals surface area contributed by atoms with Gasteiger partial charge in [-0.15, -0.1) is 5.10 Å². The minimum Gasteiger partial charge on any atom is -0.164 e. The van der Waals surface area contributed by atoms with Gasteiger partial charge >= 0.3 is 6.18 Å². The third-order valence-electron chi connectivity index (χ3n) is 2.32. The minimum atomic E-state index is -4.37. The maximum Gasteiger partial charge on any atom is 0.435 e. The van der Waals surface area contributed by atoms with E-state index in [9.17, 15) is 13.2 Å². The standard InChI is InChI=1S/C9H9F3N2/c10-9(11,12)8-6-4-2-1-3-5-7(6)13-14-8/h4H,1-3,5H2. The minimum absolute atomic E-state index is 0.204. The summed E-state index contributed by atoms with van der Waals surface area (Å²) in [6.45, 7) is 0. The fourth-order valence-corrected chi connectivity index (χ4v) is 1.65. The Bertz CT molecular complexity index is 336. The van der Waals surface area contributed by atoms with E-state index < -0.39 is 11.9 Å². The van der Waals surface area contributed by atoms with Gasteiger partial charge in [0, 0.05) is 5.57 Å². The third kappa shape index (κ3) is 1.58. The summed E-state index contributed by atoms with van der Waals surface area (Å²) < 4.78 is 37.3. The molecule has 1 aliphatic carbocycles. The van der Waals surface area contributed by atoms with E-state index in [1.807, 2.05) is 0 Å². The lowest BCUT2D eigenvalue weighted by atomic mass is 10.0. The average molecular weight is 202 g/mol. The molecule has 2 nitrogen and oxygen atoms in total. The first-order valence-corrected chi connectivity index (χ1v) is 4.51. The van der Waals surface area contributed by atoms with Crippen molar-refractivity contribution in [1.29, 1.82) is 0 Å². The van der Waals surface area contributed by atoms with Crippen LogP contribution in [-0.4, -0.2) is 17.6 Å². The first kappa shape index (κ1) is 9.43. The van der Waals surface area contributed by atoms with Crippen molar-refractivity contribution in [2.75, 3.05) is 0 Å². The molecule has 14 heavy (non-hydrogen) atoms. The van der Waals surface area contributed by atoms with Gasteiger partial charge in [-0.1, -0.05) is 6.08 Å². The highest BCUT2D eigenvalue weighted by molar-refractivity contribution is 6.28. The highest BCUT2D eigenvalue weighted by Crippen LogP contribution is 2.30. The number of rotatable bonds is 0. The number of alkyl halides is 3. The van der Waals surface area contributed by atoms with Crippen molar-refractivity contribution in [2.24, 2.45) is 10.2 Å². The Balaban J connectivity index is 2.30. The highest BCUT2D eigenvalue weighted by Gasteiger charge is 2.42. The van der Waals surface area contributed by atoms with Crippen LogP contribution in [0.1, 0.15) is 25.7 Å². The lowest BCUT2D eigenvalue weighted by Gasteiger charge is -2.07. The maximum atomic E-state index is 12.4. The molecule has 76 valence electrons. The van der Waals surface area contributed by atoms with Crippen LogP contribution in [0.5, 0.6) is 0 Å². The Morgan fingerprint density at radius 3 is 2.64 bits per heavy atom. The molecule has 5 heteroatoms. The van der Waals surface area contributed by atoms with Crippen LogP contribution in [0.3, 0.4) is 0 Å². The van der Waals surface area contributed by atoms with Gasteiger partial charge in [-0.05, 0) is 25.7 Å². The molecule has 0 saturated carbocycles. The van der Waals surface area contributed by atoms with Crippen LogP contribution in [0.25, 0.3) is 0 Å². The van der Waals surface area contributed by atoms with Crippen LogP contribution >= 0.6 is 0 Å². The van der Waals surface area contributed by atoms with Crippen molar-refractivity contribution in [3.63, 3.8) is 0 Å².